The van der Waals surface area contributed by atoms with Gasteiger partial charge in [0.05, 0.1) is 5.56 Å². The van der Waals surface area contributed by atoms with Crippen molar-refractivity contribution < 1.29 is 22.7 Å². The Balaban J connectivity index is 2.37. The maximum Gasteiger partial charge on any atom is 0.335 e. The summed E-state index contributed by atoms with van der Waals surface area (Å²) in [6.07, 6.45) is 1.14. The Kier molecular flexibility index (Phi) is 4.24. The van der Waals surface area contributed by atoms with Crippen molar-refractivity contribution in [2.24, 2.45) is 0 Å². The molecule has 2 rings (SSSR count). The molecule has 0 spiro atoms. The second-order valence-electron chi connectivity index (χ2n) is 3.92. The van der Waals surface area contributed by atoms with Gasteiger partial charge in [0.2, 0.25) is 0 Å². The van der Waals surface area contributed by atoms with Crippen LogP contribution in [-0.2, 0) is 10.0 Å². The molecule has 0 aliphatic rings. The third kappa shape index (κ3) is 3.56. The highest BCUT2D eigenvalue weighted by molar-refractivity contribution is 9.10. The van der Waals surface area contributed by atoms with Gasteiger partial charge in [0.15, 0.2) is 0 Å². The molecule has 0 amide bonds. The first-order chi connectivity index (χ1) is 9.79. The summed E-state index contributed by atoms with van der Waals surface area (Å²) in [5.41, 5.74) is -0.140. The lowest BCUT2D eigenvalue weighted by atomic mass is 10.3. The Morgan fingerprint density at radius 2 is 2.00 bits per heavy atom. The zero-order valence-corrected chi connectivity index (χ0v) is 12.6. The number of carbonyl (C=O) groups is 1. The van der Waals surface area contributed by atoms with E-state index in [1.807, 2.05) is 4.72 Å². The summed E-state index contributed by atoms with van der Waals surface area (Å²) in [5.74, 6) is -2.38. The minimum atomic E-state index is -4.20. The molecule has 0 aliphatic carbocycles. The van der Waals surface area contributed by atoms with Gasteiger partial charge in [-0.2, -0.15) is 0 Å². The van der Waals surface area contributed by atoms with Crippen LogP contribution in [0.3, 0.4) is 0 Å². The number of nitrogens with zero attached hydrogens (tertiary/aromatic N) is 1. The lowest BCUT2D eigenvalue weighted by molar-refractivity contribution is 0.0697. The van der Waals surface area contributed by atoms with E-state index in [1.54, 1.807) is 0 Å². The smallest absolute Gasteiger partial charge is 0.335 e. The van der Waals surface area contributed by atoms with Gasteiger partial charge < -0.3 is 5.11 Å². The zero-order valence-electron chi connectivity index (χ0n) is 10.2. The maximum absolute atomic E-state index is 13.7. The molecule has 21 heavy (non-hydrogen) atoms. The van der Waals surface area contributed by atoms with E-state index in [0.29, 0.717) is 4.47 Å². The highest BCUT2D eigenvalue weighted by Crippen LogP contribution is 2.21. The molecule has 0 aliphatic heterocycles. The number of benzene rings is 1. The van der Waals surface area contributed by atoms with Gasteiger partial charge in [-0.05, 0) is 30.3 Å². The lowest BCUT2D eigenvalue weighted by Crippen LogP contribution is -2.16. The van der Waals surface area contributed by atoms with Crippen LogP contribution in [0.2, 0.25) is 0 Å². The van der Waals surface area contributed by atoms with Crippen LogP contribution in [-0.4, -0.2) is 24.5 Å². The number of carboxylic acids is 1. The van der Waals surface area contributed by atoms with E-state index in [2.05, 4.69) is 20.9 Å². The summed E-state index contributed by atoms with van der Waals surface area (Å²) >= 11 is 3.02. The molecule has 9 heteroatoms. The molecular weight excluding hydrogens is 367 g/mol. The Labute approximate surface area is 127 Å². The van der Waals surface area contributed by atoms with E-state index >= 15 is 0 Å². The first-order valence-electron chi connectivity index (χ1n) is 5.47. The number of aromatic nitrogens is 1. The standard InChI is InChI=1S/C12H8BrFN2O4S/c13-8-1-2-10(9(14)6-8)21(19,20)16-11-5-7(12(17)18)3-4-15-11/h1-6H,(H,15,16)(H,17,18). The number of hydrogen-bond donors (Lipinski definition) is 2. The molecule has 0 fully saturated rings. The molecule has 2 aromatic rings. The van der Waals surface area contributed by atoms with Gasteiger partial charge in [0, 0.05) is 10.7 Å². The van der Waals surface area contributed by atoms with E-state index in [-0.39, 0.29) is 11.4 Å². The van der Waals surface area contributed by atoms with E-state index in [9.17, 15) is 17.6 Å². The fourth-order valence-electron chi connectivity index (χ4n) is 1.51. The van der Waals surface area contributed by atoms with Crippen LogP contribution < -0.4 is 4.72 Å². The van der Waals surface area contributed by atoms with Gasteiger partial charge >= 0.3 is 5.97 Å². The van der Waals surface area contributed by atoms with Crippen molar-refractivity contribution in [3.05, 3.63) is 52.4 Å². The van der Waals surface area contributed by atoms with Crippen LogP contribution in [0.1, 0.15) is 10.4 Å². The maximum atomic E-state index is 13.7. The average Bonchev–Trinajstić information content (AvgIpc) is 2.37. The van der Waals surface area contributed by atoms with Crippen LogP contribution in [0.4, 0.5) is 10.2 Å². The molecule has 6 nitrogen and oxygen atoms in total. The first kappa shape index (κ1) is 15.4. The van der Waals surface area contributed by atoms with Gasteiger partial charge in [-0.15, -0.1) is 0 Å². The van der Waals surface area contributed by atoms with Crippen molar-refractivity contribution in [3.8, 4) is 0 Å². The quantitative estimate of drug-likeness (QED) is 0.856. The minimum Gasteiger partial charge on any atom is -0.478 e. The Bertz CT molecular complexity index is 811. The Morgan fingerprint density at radius 3 is 2.62 bits per heavy atom. The predicted molar refractivity (Wildman–Crippen MR) is 76.1 cm³/mol. The number of carboxylic acid groups (broad SMARTS) is 1. The number of aromatic carboxylic acids is 1. The third-order valence-electron chi connectivity index (χ3n) is 2.43. The van der Waals surface area contributed by atoms with Crippen molar-refractivity contribution in [2.75, 3.05) is 4.72 Å². The molecule has 0 saturated heterocycles. The summed E-state index contributed by atoms with van der Waals surface area (Å²) in [7, 11) is -4.20. The summed E-state index contributed by atoms with van der Waals surface area (Å²) in [4.78, 5) is 13.9. The van der Waals surface area contributed by atoms with Gasteiger partial charge in [-0.3, -0.25) is 4.72 Å². The fraction of sp³-hybridized carbons (Fsp3) is 0. The van der Waals surface area contributed by atoms with Crippen molar-refractivity contribution in [2.45, 2.75) is 4.90 Å². The Morgan fingerprint density at radius 1 is 1.29 bits per heavy atom. The average molecular weight is 375 g/mol. The molecule has 2 N–H and O–H groups in total. The topological polar surface area (TPSA) is 96.4 Å². The predicted octanol–water partition coefficient (Wildman–Crippen LogP) is 2.48. The van der Waals surface area contributed by atoms with Crippen LogP contribution in [0.25, 0.3) is 0 Å². The summed E-state index contributed by atoms with van der Waals surface area (Å²) in [5, 5.41) is 8.83. The van der Waals surface area contributed by atoms with E-state index < -0.39 is 26.7 Å². The minimum absolute atomic E-state index is 0.140. The number of nitrogens with one attached hydrogen (secondary N) is 1. The monoisotopic (exact) mass is 374 g/mol. The number of pyridine rings is 1. The van der Waals surface area contributed by atoms with Gasteiger partial charge in [-0.1, -0.05) is 15.9 Å². The molecule has 1 aromatic heterocycles. The second-order valence-corrected chi connectivity index (χ2v) is 6.48. The highest BCUT2D eigenvalue weighted by Gasteiger charge is 2.20. The largest absolute Gasteiger partial charge is 0.478 e. The van der Waals surface area contributed by atoms with Crippen LogP contribution >= 0.6 is 15.9 Å². The normalized spacial score (nSPS) is 11.1. The molecule has 0 atom stereocenters. The van der Waals surface area contributed by atoms with Crippen molar-refractivity contribution in [1.82, 2.24) is 4.98 Å². The molecular formula is C12H8BrFN2O4S. The van der Waals surface area contributed by atoms with E-state index in [4.69, 9.17) is 5.11 Å². The number of anilines is 1. The van der Waals surface area contributed by atoms with Crippen LogP contribution in [0, 0.1) is 5.82 Å². The third-order valence-corrected chi connectivity index (χ3v) is 4.31. The lowest BCUT2D eigenvalue weighted by Gasteiger charge is -2.08. The molecule has 0 bridgehead atoms. The number of rotatable bonds is 4. The first-order valence-corrected chi connectivity index (χ1v) is 7.74. The number of halogens is 2. The second kappa shape index (κ2) is 5.78. The number of sulfonamides is 1. The Hall–Kier alpha value is -2.00. The van der Waals surface area contributed by atoms with Crippen molar-refractivity contribution in [1.29, 1.82) is 0 Å². The van der Waals surface area contributed by atoms with E-state index in [0.717, 1.165) is 24.4 Å². The van der Waals surface area contributed by atoms with E-state index in [1.165, 1.54) is 12.1 Å². The van der Waals surface area contributed by atoms with Crippen molar-refractivity contribution >= 4 is 37.7 Å². The molecule has 0 unspecified atom stereocenters. The van der Waals surface area contributed by atoms with Gasteiger partial charge in [0.1, 0.15) is 16.5 Å². The van der Waals surface area contributed by atoms with Crippen LogP contribution in [0.15, 0.2) is 45.9 Å². The molecule has 0 radical (unpaired) electrons. The SMILES string of the molecule is O=C(O)c1ccnc(NS(=O)(=O)c2ccc(Br)cc2F)c1. The van der Waals surface area contributed by atoms with Gasteiger partial charge in [0.25, 0.3) is 10.0 Å². The fourth-order valence-corrected chi connectivity index (χ4v) is 2.90. The highest BCUT2D eigenvalue weighted by atomic mass is 79.9. The molecule has 110 valence electrons. The summed E-state index contributed by atoms with van der Waals surface area (Å²) < 4.78 is 40.2. The van der Waals surface area contributed by atoms with Crippen molar-refractivity contribution in [3.63, 3.8) is 0 Å². The van der Waals surface area contributed by atoms with Gasteiger partial charge in [-0.25, -0.2) is 22.6 Å². The number of hydrogen-bond acceptors (Lipinski definition) is 4. The molecule has 1 heterocycles. The van der Waals surface area contributed by atoms with Crippen LogP contribution in [0.5, 0.6) is 0 Å². The zero-order chi connectivity index (χ0) is 15.6. The summed E-state index contributed by atoms with van der Waals surface area (Å²) in [6, 6.07) is 5.72. The molecule has 0 saturated carbocycles. The summed E-state index contributed by atoms with van der Waals surface area (Å²) in [6.45, 7) is 0. The molecule has 1 aromatic carbocycles.